The molecule has 0 aliphatic heterocycles. The minimum Gasteiger partial charge on any atom is -0.497 e. The van der Waals surface area contributed by atoms with Gasteiger partial charge in [-0.3, -0.25) is 0 Å². The van der Waals surface area contributed by atoms with Crippen molar-refractivity contribution in [1.29, 1.82) is 0 Å². The van der Waals surface area contributed by atoms with Crippen LogP contribution in [0.1, 0.15) is 11.7 Å². The summed E-state index contributed by atoms with van der Waals surface area (Å²) in [7, 11) is 1.51. The molecular weight excluding hydrogens is 252 g/mol. The van der Waals surface area contributed by atoms with Crippen molar-refractivity contribution < 1.29 is 19.7 Å². The molecule has 0 radical (unpaired) electrons. The van der Waals surface area contributed by atoms with E-state index in [2.05, 4.69) is 15.9 Å². The van der Waals surface area contributed by atoms with Crippen LogP contribution in [0.25, 0.3) is 0 Å². The van der Waals surface area contributed by atoms with Crippen molar-refractivity contribution in [3.63, 3.8) is 0 Å². The molecule has 0 bridgehead atoms. The molecule has 0 amide bonds. The fourth-order valence-electron chi connectivity index (χ4n) is 0.990. The molecule has 14 heavy (non-hydrogen) atoms. The van der Waals surface area contributed by atoms with E-state index in [4.69, 9.17) is 9.84 Å². The molecule has 0 aliphatic carbocycles. The number of hydrogen-bond acceptors (Lipinski definition) is 3. The predicted octanol–water partition coefficient (Wildman–Crippen LogP) is 1.58. The number of hydrogen-bond donors (Lipinski definition) is 2. The normalized spacial score (nSPS) is 12.2. The van der Waals surface area contributed by atoms with Crippen molar-refractivity contribution in [3.05, 3.63) is 28.2 Å². The zero-order valence-corrected chi connectivity index (χ0v) is 8.98. The predicted molar refractivity (Wildman–Crippen MR) is 53.3 cm³/mol. The van der Waals surface area contributed by atoms with Gasteiger partial charge < -0.3 is 14.9 Å². The lowest BCUT2D eigenvalue weighted by atomic mass is 10.1. The van der Waals surface area contributed by atoms with Gasteiger partial charge in [-0.05, 0) is 12.1 Å². The SMILES string of the molecule is COc1ccc([C@H](O)C(=O)O)c(Br)c1. The number of aliphatic carboxylic acids is 1. The largest absolute Gasteiger partial charge is 0.497 e. The molecule has 1 atom stereocenters. The Morgan fingerprint density at radius 2 is 2.21 bits per heavy atom. The fourth-order valence-corrected chi connectivity index (χ4v) is 1.56. The van der Waals surface area contributed by atoms with E-state index in [1.54, 1.807) is 12.1 Å². The molecule has 2 N–H and O–H groups in total. The van der Waals surface area contributed by atoms with Crippen LogP contribution >= 0.6 is 15.9 Å². The number of carbonyl (C=O) groups is 1. The molecule has 0 aliphatic rings. The summed E-state index contributed by atoms with van der Waals surface area (Å²) in [5, 5.41) is 17.9. The smallest absolute Gasteiger partial charge is 0.337 e. The molecule has 0 saturated heterocycles. The second-order valence-corrected chi connectivity index (χ2v) is 3.48. The van der Waals surface area contributed by atoms with Crippen LogP contribution in [0.4, 0.5) is 0 Å². The standard InChI is InChI=1S/C9H9BrO4/c1-14-5-2-3-6(7(10)4-5)8(11)9(12)13/h2-4,8,11H,1H3,(H,12,13)/t8-/m0/s1. The van der Waals surface area contributed by atoms with Gasteiger partial charge >= 0.3 is 5.97 Å². The molecule has 0 aromatic heterocycles. The third kappa shape index (κ3) is 2.24. The maximum absolute atomic E-state index is 10.5. The number of aliphatic hydroxyl groups is 1. The van der Waals surface area contributed by atoms with E-state index in [-0.39, 0.29) is 0 Å². The van der Waals surface area contributed by atoms with Crippen LogP contribution in [0.15, 0.2) is 22.7 Å². The van der Waals surface area contributed by atoms with Crippen LogP contribution in [-0.4, -0.2) is 23.3 Å². The summed E-state index contributed by atoms with van der Waals surface area (Å²) >= 11 is 3.15. The molecule has 76 valence electrons. The van der Waals surface area contributed by atoms with E-state index < -0.39 is 12.1 Å². The summed E-state index contributed by atoms with van der Waals surface area (Å²) in [5.41, 5.74) is 0.304. The Morgan fingerprint density at radius 3 is 2.64 bits per heavy atom. The number of methoxy groups -OCH3 is 1. The maximum Gasteiger partial charge on any atom is 0.337 e. The van der Waals surface area contributed by atoms with Gasteiger partial charge in [-0.25, -0.2) is 4.79 Å². The number of ether oxygens (including phenoxy) is 1. The number of rotatable bonds is 3. The first-order chi connectivity index (χ1) is 6.56. The fraction of sp³-hybridized carbons (Fsp3) is 0.222. The summed E-state index contributed by atoms with van der Waals surface area (Å²) in [4.78, 5) is 10.5. The molecule has 0 heterocycles. The quantitative estimate of drug-likeness (QED) is 0.866. The lowest BCUT2D eigenvalue weighted by Gasteiger charge is -2.09. The number of carboxylic acids is 1. The molecule has 0 saturated carbocycles. The van der Waals surface area contributed by atoms with E-state index in [1.807, 2.05) is 0 Å². The lowest BCUT2D eigenvalue weighted by molar-refractivity contribution is -0.147. The Morgan fingerprint density at radius 1 is 1.57 bits per heavy atom. The van der Waals surface area contributed by atoms with Gasteiger partial charge in [0.1, 0.15) is 5.75 Å². The van der Waals surface area contributed by atoms with Gasteiger partial charge in [0.2, 0.25) is 0 Å². The second kappa shape index (κ2) is 4.43. The van der Waals surface area contributed by atoms with Crippen LogP contribution in [-0.2, 0) is 4.79 Å². The summed E-state index contributed by atoms with van der Waals surface area (Å²) in [6.45, 7) is 0. The van der Waals surface area contributed by atoms with E-state index in [1.165, 1.54) is 13.2 Å². The van der Waals surface area contributed by atoms with Gasteiger partial charge in [-0.1, -0.05) is 22.0 Å². The van der Waals surface area contributed by atoms with E-state index in [9.17, 15) is 9.90 Å². The second-order valence-electron chi connectivity index (χ2n) is 2.63. The highest BCUT2D eigenvalue weighted by molar-refractivity contribution is 9.10. The topological polar surface area (TPSA) is 66.8 Å². The average molecular weight is 261 g/mol. The van der Waals surface area contributed by atoms with Crippen LogP contribution < -0.4 is 4.74 Å². The van der Waals surface area contributed by atoms with Crippen molar-refractivity contribution in [1.82, 2.24) is 0 Å². The van der Waals surface area contributed by atoms with Crippen LogP contribution in [0.2, 0.25) is 0 Å². The summed E-state index contributed by atoms with van der Waals surface area (Å²) < 4.78 is 5.44. The highest BCUT2D eigenvalue weighted by Crippen LogP contribution is 2.27. The third-order valence-electron chi connectivity index (χ3n) is 1.74. The van der Waals surface area contributed by atoms with Crippen LogP contribution in [0.3, 0.4) is 0 Å². The third-order valence-corrected chi connectivity index (χ3v) is 2.42. The molecule has 1 rings (SSSR count). The van der Waals surface area contributed by atoms with Crippen molar-refractivity contribution in [2.45, 2.75) is 6.10 Å². The van der Waals surface area contributed by atoms with Crippen molar-refractivity contribution in [2.24, 2.45) is 0 Å². The zero-order valence-electron chi connectivity index (χ0n) is 7.40. The molecule has 1 aromatic carbocycles. The van der Waals surface area contributed by atoms with Gasteiger partial charge in [-0.15, -0.1) is 0 Å². The van der Waals surface area contributed by atoms with E-state index >= 15 is 0 Å². The minimum atomic E-state index is -1.52. The van der Waals surface area contributed by atoms with E-state index in [0.29, 0.717) is 15.8 Å². The number of halogens is 1. The highest BCUT2D eigenvalue weighted by atomic mass is 79.9. The van der Waals surface area contributed by atoms with E-state index in [0.717, 1.165) is 0 Å². The maximum atomic E-state index is 10.5. The first-order valence-corrected chi connectivity index (χ1v) is 4.60. The Bertz CT molecular complexity index is 351. The van der Waals surface area contributed by atoms with Gasteiger partial charge in [0.05, 0.1) is 7.11 Å². The Balaban J connectivity index is 3.05. The molecule has 0 spiro atoms. The first-order valence-electron chi connectivity index (χ1n) is 3.80. The molecule has 1 aromatic rings. The van der Waals surface area contributed by atoms with Gasteiger partial charge in [0.25, 0.3) is 0 Å². The number of carboxylic acid groups (broad SMARTS) is 1. The Hall–Kier alpha value is -1.07. The zero-order chi connectivity index (χ0) is 10.7. The number of aliphatic hydroxyl groups excluding tert-OH is 1. The van der Waals surface area contributed by atoms with Crippen molar-refractivity contribution in [2.75, 3.05) is 7.11 Å². The lowest BCUT2D eigenvalue weighted by Crippen LogP contribution is -2.10. The monoisotopic (exact) mass is 260 g/mol. The molecule has 0 fully saturated rings. The summed E-state index contributed by atoms with van der Waals surface area (Å²) in [6.07, 6.45) is -1.52. The van der Waals surface area contributed by atoms with Gasteiger partial charge in [0.15, 0.2) is 6.10 Å². The van der Waals surface area contributed by atoms with Crippen LogP contribution in [0, 0.1) is 0 Å². The molecule has 0 unspecified atom stereocenters. The summed E-state index contributed by atoms with van der Waals surface area (Å²) in [5.74, 6) is -0.686. The first kappa shape index (κ1) is 11.0. The Labute approximate surface area is 89.3 Å². The summed E-state index contributed by atoms with van der Waals surface area (Å²) in [6, 6.07) is 4.69. The van der Waals surface area contributed by atoms with Crippen LogP contribution in [0.5, 0.6) is 5.75 Å². The number of benzene rings is 1. The molecular formula is C9H9BrO4. The highest BCUT2D eigenvalue weighted by Gasteiger charge is 2.18. The van der Waals surface area contributed by atoms with Crippen molar-refractivity contribution >= 4 is 21.9 Å². The molecule has 5 heteroatoms. The van der Waals surface area contributed by atoms with Gasteiger partial charge in [0, 0.05) is 10.0 Å². The average Bonchev–Trinajstić information content (AvgIpc) is 2.16. The van der Waals surface area contributed by atoms with Crippen molar-refractivity contribution in [3.8, 4) is 5.75 Å². The minimum absolute atomic E-state index is 0.304. The Kier molecular flexibility index (Phi) is 3.49. The van der Waals surface area contributed by atoms with Gasteiger partial charge in [-0.2, -0.15) is 0 Å². The molecule has 4 nitrogen and oxygen atoms in total.